The number of carbonyl (C=O) groups excluding carboxylic acids is 2. The van der Waals surface area contributed by atoms with Gasteiger partial charge in [-0.3, -0.25) is 4.79 Å². The molecule has 3 aromatic carbocycles. The number of hydrogen-bond acceptors (Lipinski definition) is 4. The van der Waals surface area contributed by atoms with Crippen molar-refractivity contribution in [2.75, 3.05) is 7.11 Å². The lowest BCUT2D eigenvalue weighted by atomic mass is 9.56. The molecule has 0 heterocycles. The first-order valence-corrected chi connectivity index (χ1v) is 10.4. The number of carbonyl (C=O) groups is 2. The van der Waals surface area contributed by atoms with Gasteiger partial charge < -0.3 is 14.8 Å². The molecule has 0 radical (unpaired) electrons. The highest BCUT2D eigenvalue weighted by atomic mass is 16.5. The number of benzene rings is 3. The minimum Gasteiger partial charge on any atom is -0.469 e. The first-order chi connectivity index (χ1) is 15.2. The van der Waals surface area contributed by atoms with Crippen LogP contribution in [-0.2, 0) is 20.9 Å². The summed E-state index contributed by atoms with van der Waals surface area (Å²) < 4.78 is 10.7. The summed E-state index contributed by atoms with van der Waals surface area (Å²) in [5, 5.41) is 3.01. The summed E-state index contributed by atoms with van der Waals surface area (Å²) in [4.78, 5) is 25.7. The van der Waals surface area contributed by atoms with Gasteiger partial charge in [0, 0.05) is 11.8 Å². The van der Waals surface area contributed by atoms with Gasteiger partial charge >= 0.3 is 12.1 Å². The van der Waals surface area contributed by atoms with E-state index in [9.17, 15) is 9.59 Å². The zero-order chi connectivity index (χ0) is 21.4. The molecule has 0 fully saturated rings. The molecule has 3 aliphatic rings. The molecule has 0 saturated carbocycles. The lowest BCUT2D eigenvalue weighted by Crippen LogP contribution is -2.55. The summed E-state index contributed by atoms with van der Waals surface area (Å²) in [7, 11) is 1.40. The van der Waals surface area contributed by atoms with E-state index < -0.39 is 18.1 Å². The zero-order valence-corrected chi connectivity index (χ0v) is 17.2. The predicted octanol–water partition coefficient (Wildman–Crippen LogP) is 4.36. The molecular weight excluding hydrogens is 390 g/mol. The SMILES string of the molecule is COC(=O)[C@H]1C2c3ccccc3C(c3ccccc32)[C@@H]1NC(=O)OCc1ccccc1. The summed E-state index contributed by atoms with van der Waals surface area (Å²) in [5.41, 5.74) is 5.43. The second-order valence-corrected chi connectivity index (χ2v) is 7.99. The van der Waals surface area contributed by atoms with Gasteiger partial charge in [0.15, 0.2) is 0 Å². The van der Waals surface area contributed by atoms with Crippen LogP contribution in [0.15, 0.2) is 78.9 Å². The molecule has 0 spiro atoms. The monoisotopic (exact) mass is 413 g/mol. The van der Waals surface area contributed by atoms with Gasteiger partial charge in [0.2, 0.25) is 0 Å². The highest BCUT2D eigenvalue weighted by Crippen LogP contribution is 2.55. The third-order valence-corrected chi connectivity index (χ3v) is 6.41. The smallest absolute Gasteiger partial charge is 0.407 e. The van der Waals surface area contributed by atoms with Crippen molar-refractivity contribution in [3.63, 3.8) is 0 Å². The van der Waals surface area contributed by atoms with Crippen LogP contribution < -0.4 is 5.32 Å². The third kappa shape index (κ3) is 3.26. The Morgan fingerprint density at radius 2 is 1.29 bits per heavy atom. The number of fused-ring (bicyclic) bond motifs is 1. The molecule has 2 bridgehead atoms. The van der Waals surface area contributed by atoms with Crippen molar-refractivity contribution >= 4 is 12.1 Å². The summed E-state index contributed by atoms with van der Waals surface area (Å²) in [6.45, 7) is 0.170. The van der Waals surface area contributed by atoms with Crippen LogP contribution in [0.25, 0.3) is 0 Å². The number of methoxy groups -OCH3 is 1. The molecule has 1 amide bonds. The Labute approximate surface area is 181 Å². The van der Waals surface area contributed by atoms with E-state index >= 15 is 0 Å². The van der Waals surface area contributed by atoms with Crippen molar-refractivity contribution in [1.29, 1.82) is 0 Å². The molecular formula is C26H23NO4. The lowest BCUT2D eigenvalue weighted by molar-refractivity contribution is -0.147. The fourth-order valence-electron chi connectivity index (χ4n) is 5.17. The van der Waals surface area contributed by atoms with Crippen LogP contribution in [0.1, 0.15) is 39.7 Å². The van der Waals surface area contributed by atoms with Crippen LogP contribution >= 0.6 is 0 Å². The Morgan fingerprint density at radius 1 is 0.774 bits per heavy atom. The highest BCUT2D eigenvalue weighted by molar-refractivity contribution is 5.81. The van der Waals surface area contributed by atoms with Gasteiger partial charge in [0.1, 0.15) is 6.61 Å². The van der Waals surface area contributed by atoms with Crippen LogP contribution in [0.3, 0.4) is 0 Å². The van der Waals surface area contributed by atoms with Gasteiger partial charge in [0.05, 0.1) is 19.1 Å². The molecule has 31 heavy (non-hydrogen) atoms. The summed E-state index contributed by atoms with van der Waals surface area (Å²) >= 11 is 0. The maximum absolute atomic E-state index is 12.9. The quantitative estimate of drug-likeness (QED) is 0.646. The maximum atomic E-state index is 12.9. The second-order valence-electron chi connectivity index (χ2n) is 7.99. The number of alkyl carbamates (subject to hydrolysis) is 1. The Bertz CT molecular complexity index is 1080. The van der Waals surface area contributed by atoms with Crippen LogP contribution in [0.4, 0.5) is 4.79 Å². The van der Waals surface area contributed by atoms with Crippen molar-refractivity contribution in [2.45, 2.75) is 24.5 Å². The normalized spacial score (nSPS) is 22.7. The molecule has 2 atom stereocenters. The van der Waals surface area contributed by atoms with Gasteiger partial charge in [-0.25, -0.2) is 4.79 Å². The van der Waals surface area contributed by atoms with Crippen LogP contribution in [0, 0.1) is 5.92 Å². The van der Waals surface area contributed by atoms with E-state index in [1.807, 2.05) is 54.6 Å². The minimum atomic E-state index is -0.537. The van der Waals surface area contributed by atoms with E-state index in [1.165, 1.54) is 7.11 Å². The standard InChI is InChI=1S/C26H23NO4/c1-30-25(28)23-21-17-11-5-7-13-19(17)22(20-14-8-6-12-18(20)21)24(23)27-26(29)31-15-16-9-3-2-4-10-16/h2-14,21-24H,15H2,1H3,(H,27,29)/t21?,22?,23-,24-/m0/s1. The van der Waals surface area contributed by atoms with Gasteiger partial charge in [-0.15, -0.1) is 0 Å². The fourth-order valence-corrected chi connectivity index (χ4v) is 5.17. The molecule has 6 rings (SSSR count). The highest BCUT2D eigenvalue weighted by Gasteiger charge is 2.53. The van der Waals surface area contributed by atoms with Crippen molar-refractivity contribution in [3.05, 3.63) is 107 Å². The number of esters is 1. The molecule has 0 aromatic heterocycles. The minimum absolute atomic E-state index is 0.147. The Balaban J connectivity index is 1.50. The van der Waals surface area contributed by atoms with E-state index in [1.54, 1.807) is 0 Å². The Kier molecular flexibility index (Phi) is 4.94. The van der Waals surface area contributed by atoms with Crippen LogP contribution in [0.5, 0.6) is 0 Å². The van der Waals surface area contributed by atoms with Crippen molar-refractivity contribution < 1.29 is 19.1 Å². The largest absolute Gasteiger partial charge is 0.469 e. The number of nitrogens with one attached hydrogen (secondary N) is 1. The second kappa shape index (κ2) is 7.91. The molecule has 1 N–H and O–H groups in total. The predicted molar refractivity (Wildman–Crippen MR) is 116 cm³/mol. The van der Waals surface area contributed by atoms with Gasteiger partial charge in [-0.1, -0.05) is 78.9 Å². The lowest BCUT2D eigenvalue weighted by Gasteiger charge is -2.49. The molecule has 0 saturated heterocycles. The number of rotatable bonds is 4. The summed E-state index contributed by atoms with van der Waals surface area (Å²) in [5.74, 6) is -1.17. The van der Waals surface area contributed by atoms with E-state index in [0.29, 0.717) is 0 Å². The topological polar surface area (TPSA) is 64.6 Å². The van der Waals surface area contributed by atoms with Crippen molar-refractivity contribution in [2.24, 2.45) is 5.92 Å². The zero-order valence-electron chi connectivity index (χ0n) is 17.2. The number of hydrogen-bond donors (Lipinski definition) is 1. The van der Waals surface area contributed by atoms with E-state index in [2.05, 4.69) is 29.6 Å². The van der Waals surface area contributed by atoms with Crippen molar-refractivity contribution in [3.8, 4) is 0 Å². The first-order valence-electron chi connectivity index (χ1n) is 10.4. The van der Waals surface area contributed by atoms with E-state index in [-0.39, 0.29) is 24.4 Å². The molecule has 0 unspecified atom stereocenters. The Hall–Kier alpha value is -3.60. The first kappa shape index (κ1) is 19.4. The average molecular weight is 413 g/mol. The van der Waals surface area contributed by atoms with Gasteiger partial charge in [-0.05, 0) is 27.8 Å². The van der Waals surface area contributed by atoms with E-state index in [4.69, 9.17) is 9.47 Å². The third-order valence-electron chi connectivity index (χ3n) is 6.41. The molecule has 3 aromatic rings. The van der Waals surface area contributed by atoms with Crippen LogP contribution in [-0.4, -0.2) is 25.2 Å². The Morgan fingerprint density at radius 3 is 1.84 bits per heavy atom. The molecule has 3 aliphatic carbocycles. The van der Waals surface area contributed by atoms with Gasteiger partial charge in [-0.2, -0.15) is 0 Å². The maximum Gasteiger partial charge on any atom is 0.407 e. The molecule has 5 heteroatoms. The number of amides is 1. The average Bonchev–Trinajstić information content (AvgIpc) is 2.83. The van der Waals surface area contributed by atoms with Gasteiger partial charge in [0.25, 0.3) is 0 Å². The van der Waals surface area contributed by atoms with Crippen LogP contribution in [0.2, 0.25) is 0 Å². The molecule has 5 nitrogen and oxygen atoms in total. The van der Waals surface area contributed by atoms with E-state index in [0.717, 1.165) is 27.8 Å². The summed E-state index contributed by atoms with van der Waals surface area (Å²) in [6.07, 6.45) is -0.537. The molecule has 156 valence electrons. The summed E-state index contributed by atoms with van der Waals surface area (Å²) in [6, 6.07) is 25.4. The fraction of sp³-hybridized carbons (Fsp3) is 0.231. The molecule has 0 aliphatic heterocycles. The van der Waals surface area contributed by atoms with Crippen molar-refractivity contribution in [1.82, 2.24) is 5.32 Å². The number of ether oxygens (including phenoxy) is 2.